The molecule has 2 heterocycles. The zero-order chi connectivity index (χ0) is 15.3. The van der Waals surface area contributed by atoms with Gasteiger partial charge in [-0.1, -0.05) is 17.7 Å². The Morgan fingerprint density at radius 2 is 2.00 bits per heavy atom. The van der Waals surface area contributed by atoms with Crippen LogP contribution in [0, 0.1) is 5.92 Å². The van der Waals surface area contributed by atoms with Gasteiger partial charge in [0.2, 0.25) is 0 Å². The average molecular weight is 304 g/mol. The van der Waals surface area contributed by atoms with Crippen molar-refractivity contribution in [2.75, 3.05) is 6.54 Å². The summed E-state index contributed by atoms with van der Waals surface area (Å²) in [5.74, 6) is 0.582. The van der Waals surface area contributed by atoms with E-state index in [1.807, 2.05) is 18.2 Å². The van der Waals surface area contributed by atoms with Gasteiger partial charge in [0.1, 0.15) is 0 Å². The molecule has 2 unspecified atom stereocenters. The highest BCUT2D eigenvalue weighted by Gasteiger charge is 2.39. The van der Waals surface area contributed by atoms with Crippen molar-refractivity contribution in [2.45, 2.75) is 25.1 Å². The number of aromatic nitrogens is 1. The summed E-state index contributed by atoms with van der Waals surface area (Å²) in [5.41, 5.74) is 1.84. The molecule has 1 aliphatic heterocycles. The van der Waals surface area contributed by atoms with Gasteiger partial charge in [-0.3, -0.25) is 0 Å². The second-order valence-electron chi connectivity index (χ2n) is 6.02. The predicted molar refractivity (Wildman–Crippen MR) is 79.2 cm³/mol. The lowest BCUT2D eigenvalue weighted by atomic mass is 9.75. The highest BCUT2D eigenvalue weighted by atomic mass is 19.4. The number of halogens is 3. The molecule has 4 rings (SSSR count). The maximum atomic E-state index is 12.8. The number of benzene rings is 1. The first-order valence-corrected chi connectivity index (χ1v) is 7.42. The molecule has 0 amide bonds. The number of fused-ring (bicyclic) bond motifs is 2. The van der Waals surface area contributed by atoms with Crippen molar-refractivity contribution in [1.29, 1.82) is 0 Å². The molecule has 0 bridgehead atoms. The topological polar surface area (TPSA) is 24.9 Å². The van der Waals surface area contributed by atoms with Crippen LogP contribution >= 0.6 is 0 Å². The second-order valence-corrected chi connectivity index (χ2v) is 6.02. The van der Waals surface area contributed by atoms with Crippen LogP contribution in [0.3, 0.4) is 0 Å². The Morgan fingerprint density at radius 1 is 1.18 bits per heavy atom. The molecule has 5 heteroatoms. The fourth-order valence-electron chi connectivity index (χ4n) is 3.42. The first-order chi connectivity index (χ1) is 10.5. The molecule has 0 radical (unpaired) electrons. The van der Waals surface area contributed by atoms with Gasteiger partial charge >= 0.3 is 6.18 Å². The fraction of sp³-hybridized carbons (Fsp3) is 0.353. The second kappa shape index (κ2) is 4.81. The van der Waals surface area contributed by atoms with Gasteiger partial charge in [0.05, 0.1) is 16.8 Å². The molecular weight excluding hydrogens is 289 g/mol. The lowest BCUT2D eigenvalue weighted by molar-refractivity contribution is -0.137. The average Bonchev–Trinajstić information content (AvgIpc) is 2.84. The minimum atomic E-state index is -4.33. The van der Waals surface area contributed by atoms with Crippen molar-refractivity contribution >= 4 is 17.0 Å². The van der Waals surface area contributed by atoms with Crippen molar-refractivity contribution in [3.63, 3.8) is 0 Å². The van der Waals surface area contributed by atoms with E-state index in [9.17, 15) is 13.2 Å². The Balaban J connectivity index is 1.69. The van der Waals surface area contributed by atoms with Crippen LogP contribution < -0.4 is 5.32 Å². The number of nitrogens with zero attached hydrogens (tertiary/aromatic N) is 1. The van der Waals surface area contributed by atoms with Crippen molar-refractivity contribution in [3.05, 3.63) is 47.2 Å². The maximum absolute atomic E-state index is 12.8. The van der Waals surface area contributed by atoms with E-state index >= 15 is 0 Å². The zero-order valence-electron chi connectivity index (χ0n) is 11.8. The van der Waals surface area contributed by atoms with Gasteiger partial charge in [-0.25, -0.2) is 4.98 Å². The SMILES string of the molecule is FC(F)(F)c1ccc2ccc(/C=C3\CC4NCCC34)nc2c1. The van der Waals surface area contributed by atoms with Crippen LogP contribution in [0.5, 0.6) is 0 Å². The molecule has 1 saturated heterocycles. The molecule has 0 spiro atoms. The molecule has 1 N–H and O–H groups in total. The standard InChI is InChI=1S/C17H15F3N2/c18-17(19,20)12-3-1-10-2-4-13(22-15(10)9-12)7-11-8-16-14(11)5-6-21-16/h1-4,7,9,14,16,21H,5-6,8H2/b11-7+. The summed E-state index contributed by atoms with van der Waals surface area (Å²) in [6, 6.07) is 7.99. The summed E-state index contributed by atoms with van der Waals surface area (Å²) >= 11 is 0. The third-order valence-electron chi connectivity index (χ3n) is 4.65. The summed E-state index contributed by atoms with van der Waals surface area (Å²) in [7, 11) is 0. The van der Waals surface area contributed by atoms with Crippen LogP contribution in [0.15, 0.2) is 35.9 Å². The van der Waals surface area contributed by atoms with Crippen molar-refractivity contribution in [2.24, 2.45) is 5.92 Å². The molecular formula is C17H15F3N2. The van der Waals surface area contributed by atoms with E-state index in [0.717, 1.165) is 42.6 Å². The van der Waals surface area contributed by atoms with E-state index in [1.54, 1.807) is 0 Å². The number of alkyl halides is 3. The molecule has 2 atom stereocenters. The molecule has 1 aliphatic carbocycles. The van der Waals surface area contributed by atoms with Crippen LogP contribution in [-0.2, 0) is 6.18 Å². The predicted octanol–water partition coefficient (Wildman–Crippen LogP) is 4.02. The molecule has 22 heavy (non-hydrogen) atoms. The molecule has 114 valence electrons. The summed E-state index contributed by atoms with van der Waals surface area (Å²) in [6.45, 7) is 1.05. The van der Waals surface area contributed by atoms with Gasteiger partial charge in [-0.2, -0.15) is 13.2 Å². The van der Waals surface area contributed by atoms with E-state index < -0.39 is 11.7 Å². The maximum Gasteiger partial charge on any atom is 0.416 e. The zero-order valence-corrected chi connectivity index (χ0v) is 11.8. The van der Waals surface area contributed by atoms with Gasteiger partial charge < -0.3 is 5.32 Å². The minimum absolute atomic E-state index is 0.393. The van der Waals surface area contributed by atoms with Crippen molar-refractivity contribution < 1.29 is 13.2 Å². The van der Waals surface area contributed by atoms with Crippen LogP contribution in [0.4, 0.5) is 13.2 Å². The first-order valence-electron chi connectivity index (χ1n) is 7.42. The Hall–Kier alpha value is -1.88. The summed E-state index contributed by atoms with van der Waals surface area (Å²) in [6.07, 6.45) is -0.135. The van der Waals surface area contributed by atoms with Gasteiger partial charge in [-0.15, -0.1) is 0 Å². The Kier molecular flexibility index (Phi) is 3.01. The highest BCUT2D eigenvalue weighted by Crippen LogP contribution is 2.40. The largest absolute Gasteiger partial charge is 0.416 e. The highest BCUT2D eigenvalue weighted by molar-refractivity contribution is 5.80. The number of hydrogen-bond acceptors (Lipinski definition) is 2. The molecule has 1 aromatic heterocycles. The summed E-state index contributed by atoms with van der Waals surface area (Å²) < 4.78 is 38.4. The van der Waals surface area contributed by atoms with E-state index in [2.05, 4.69) is 10.3 Å². The van der Waals surface area contributed by atoms with E-state index in [4.69, 9.17) is 0 Å². The van der Waals surface area contributed by atoms with E-state index in [1.165, 1.54) is 11.6 Å². The number of pyridine rings is 1. The minimum Gasteiger partial charge on any atom is -0.313 e. The summed E-state index contributed by atoms with van der Waals surface area (Å²) in [5, 5.41) is 4.17. The van der Waals surface area contributed by atoms with E-state index in [0.29, 0.717) is 17.5 Å². The summed E-state index contributed by atoms with van der Waals surface area (Å²) in [4.78, 5) is 4.39. The molecule has 2 aromatic rings. The monoisotopic (exact) mass is 304 g/mol. The van der Waals surface area contributed by atoms with Crippen LogP contribution in [-0.4, -0.2) is 17.6 Å². The lowest BCUT2D eigenvalue weighted by Crippen LogP contribution is -2.37. The Labute approximate surface area is 126 Å². The third-order valence-corrected chi connectivity index (χ3v) is 4.65. The van der Waals surface area contributed by atoms with Crippen LogP contribution in [0.2, 0.25) is 0 Å². The van der Waals surface area contributed by atoms with Gasteiger partial charge in [0.25, 0.3) is 0 Å². The Bertz CT molecular complexity index is 764. The molecule has 2 nitrogen and oxygen atoms in total. The van der Waals surface area contributed by atoms with Crippen molar-refractivity contribution in [3.8, 4) is 0 Å². The number of nitrogens with one attached hydrogen (secondary N) is 1. The van der Waals surface area contributed by atoms with Gasteiger partial charge in [-0.05, 0) is 49.6 Å². The third kappa shape index (κ3) is 2.29. The first kappa shape index (κ1) is 13.8. The molecule has 1 saturated carbocycles. The fourth-order valence-corrected chi connectivity index (χ4v) is 3.42. The molecule has 2 fully saturated rings. The number of hydrogen-bond donors (Lipinski definition) is 1. The number of rotatable bonds is 1. The van der Waals surface area contributed by atoms with E-state index in [-0.39, 0.29) is 0 Å². The lowest BCUT2D eigenvalue weighted by Gasteiger charge is -2.33. The van der Waals surface area contributed by atoms with Gasteiger partial charge in [0, 0.05) is 11.4 Å². The smallest absolute Gasteiger partial charge is 0.313 e. The quantitative estimate of drug-likeness (QED) is 0.861. The molecule has 1 aromatic carbocycles. The van der Waals surface area contributed by atoms with Crippen molar-refractivity contribution in [1.82, 2.24) is 10.3 Å². The Morgan fingerprint density at radius 3 is 2.77 bits per heavy atom. The van der Waals surface area contributed by atoms with Gasteiger partial charge in [0.15, 0.2) is 0 Å². The van der Waals surface area contributed by atoms with Crippen LogP contribution in [0.25, 0.3) is 17.0 Å². The normalized spacial score (nSPS) is 26.2. The molecule has 2 aliphatic rings. The van der Waals surface area contributed by atoms with Crippen LogP contribution in [0.1, 0.15) is 24.1 Å².